The Labute approximate surface area is 167 Å². The van der Waals surface area contributed by atoms with E-state index in [9.17, 15) is 13.2 Å². The molecule has 1 aliphatic rings. The molecule has 0 spiro atoms. The number of aromatic nitrogens is 3. The van der Waals surface area contributed by atoms with Crippen molar-refractivity contribution in [2.45, 2.75) is 31.2 Å². The van der Waals surface area contributed by atoms with Gasteiger partial charge in [-0.15, -0.1) is 0 Å². The van der Waals surface area contributed by atoms with Gasteiger partial charge in [-0.25, -0.2) is 18.1 Å². The molecule has 9 nitrogen and oxygen atoms in total. The van der Waals surface area contributed by atoms with E-state index in [0.29, 0.717) is 11.3 Å². The van der Waals surface area contributed by atoms with Gasteiger partial charge in [0.15, 0.2) is 5.65 Å². The van der Waals surface area contributed by atoms with E-state index in [-0.39, 0.29) is 35.6 Å². The van der Waals surface area contributed by atoms with Gasteiger partial charge in [0.2, 0.25) is 5.91 Å². The average Bonchev–Trinajstić information content (AvgIpc) is 3.21. The second kappa shape index (κ2) is 7.28. The molecule has 2 aromatic heterocycles. The number of carbonyl (C=O) groups is 1. The van der Waals surface area contributed by atoms with Gasteiger partial charge in [0, 0.05) is 23.4 Å². The van der Waals surface area contributed by atoms with Crippen LogP contribution in [0, 0.1) is 0 Å². The summed E-state index contributed by atoms with van der Waals surface area (Å²) in [4.78, 5) is 21.1. The Morgan fingerprint density at radius 3 is 2.86 bits per heavy atom. The number of fused-ring (bicyclic) bond motifs is 2. The first kappa shape index (κ1) is 19.1. The number of pyridine rings is 1. The largest absolute Gasteiger partial charge is 0.325 e. The van der Waals surface area contributed by atoms with Crippen LogP contribution >= 0.6 is 0 Å². The van der Waals surface area contributed by atoms with Crippen LogP contribution < -0.4 is 10.0 Å². The quantitative estimate of drug-likeness (QED) is 0.665. The molecule has 0 radical (unpaired) electrons. The monoisotopic (exact) mass is 412 g/mol. The Morgan fingerprint density at radius 2 is 2.07 bits per heavy atom. The first-order valence-electron chi connectivity index (χ1n) is 9.15. The number of carbonyl (C=O) groups excluding carboxylic acids is 1. The number of nitrogens with one attached hydrogen (secondary N) is 2. The van der Waals surface area contributed by atoms with Crippen molar-refractivity contribution >= 4 is 38.5 Å². The zero-order valence-electron chi connectivity index (χ0n) is 16.0. The number of amides is 1. The summed E-state index contributed by atoms with van der Waals surface area (Å²) in [6.45, 7) is 4.20. The van der Waals surface area contributed by atoms with E-state index in [1.165, 1.54) is 6.07 Å². The van der Waals surface area contributed by atoms with Crippen molar-refractivity contribution in [3.8, 4) is 0 Å². The first-order chi connectivity index (χ1) is 13.8. The fourth-order valence-corrected chi connectivity index (χ4v) is 4.38. The highest BCUT2D eigenvalue weighted by molar-refractivity contribution is 7.90. The summed E-state index contributed by atoms with van der Waals surface area (Å²) >= 11 is 0. The molecular formula is C19H20N6O3S. The molecule has 1 aliphatic heterocycles. The normalized spacial score (nSPS) is 16.2. The summed E-state index contributed by atoms with van der Waals surface area (Å²) < 4.78 is 28.4. The van der Waals surface area contributed by atoms with Gasteiger partial charge in [0.05, 0.1) is 29.5 Å². The lowest BCUT2D eigenvalue weighted by Gasteiger charge is -2.07. The third kappa shape index (κ3) is 3.70. The Kier molecular flexibility index (Phi) is 4.79. The minimum absolute atomic E-state index is 0.108. The molecule has 0 atom stereocenters. The summed E-state index contributed by atoms with van der Waals surface area (Å²) in [7, 11) is -3.58. The molecule has 29 heavy (non-hydrogen) atoms. The van der Waals surface area contributed by atoms with Gasteiger partial charge in [-0.1, -0.05) is 12.1 Å². The van der Waals surface area contributed by atoms with Gasteiger partial charge in [0.25, 0.3) is 10.0 Å². The smallest absolute Gasteiger partial charge is 0.263 e. The summed E-state index contributed by atoms with van der Waals surface area (Å²) in [6, 6.07) is 8.62. The van der Waals surface area contributed by atoms with Crippen molar-refractivity contribution in [2.24, 2.45) is 4.99 Å². The van der Waals surface area contributed by atoms with E-state index in [2.05, 4.69) is 25.1 Å². The van der Waals surface area contributed by atoms with Crippen LogP contribution in [-0.4, -0.2) is 41.5 Å². The lowest BCUT2D eigenvalue weighted by Crippen LogP contribution is -2.23. The van der Waals surface area contributed by atoms with Crippen LogP contribution in [0.3, 0.4) is 0 Å². The zero-order valence-corrected chi connectivity index (χ0v) is 16.8. The van der Waals surface area contributed by atoms with Crippen LogP contribution in [0.1, 0.15) is 31.9 Å². The number of nitrogens with zero attached hydrogens (tertiary/aromatic N) is 4. The predicted octanol–water partition coefficient (Wildman–Crippen LogP) is 2.08. The van der Waals surface area contributed by atoms with Gasteiger partial charge >= 0.3 is 0 Å². The number of sulfonamides is 1. The lowest BCUT2D eigenvalue weighted by molar-refractivity contribution is -0.116. The van der Waals surface area contributed by atoms with Gasteiger partial charge in [-0.3, -0.25) is 14.5 Å². The van der Waals surface area contributed by atoms with Crippen LogP contribution in [0.4, 0.5) is 5.69 Å². The van der Waals surface area contributed by atoms with Crippen LogP contribution in [0.25, 0.3) is 11.0 Å². The fourth-order valence-electron chi connectivity index (χ4n) is 3.13. The predicted molar refractivity (Wildman–Crippen MR) is 109 cm³/mol. The molecule has 0 saturated carbocycles. The maximum absolute atomic E-state index is 12.2. The number of hydrogen-bond acceptors (Lipinski definition) is 6. The number of benzene rings is 1. The van der Waals surface area contributed by atoms with Gasteiger partial charge in [0.1, 0.15) is 5.84 Å². The van der Waals surface area contributed by atoms with E-state index < -0.39 is 10.0 Å². The number of hydrogen-bond donors (Lipinski definition) is 2. The summed E-state index contributed by atoms with van der Waals surface area (Å²) in [5.74, 6) is 0.0264. The van der Waals surface area contributed by atoms with Crippen molar-refractivity contribution in [1.82, 2.24) is 19.5 Å². The molecule has 2 N–H and O–H groups in total. The minimum Gasteiger partial charge on any atom is -0.325 e. The highest BCUT2D eigenvalue weighted by Gasteiger charge is 2.29. The maximum atomic E-state index is 12.2. The number of amidine groups is 1. The fraction of sp³-hybridized carbons (Fsp3) is 0.263. The van der Waals surface area contributed by atoms with E-state index in [1.54, 1.807) is 30.6 Å². The van der Waals surface area contributed by atoms with Crippen LogP contribution in [0.5, 0.6) is 0 Å². The van der Waals surface area contributed by atoms with Crippen LogP contribution in [0.15, 0.2) is 52.6 Å². The minimum atomic E-state index is -3.58. The van der Waals surface area contributed by atoms with Crippen molar-refractivity contribution in [3.05, 3.63) is 48.3 Å². The third-order valence-electron chi connectivity index (χ3n) is 4.48. The molecule has 1 amide bonds. The molecular weight excluding hydrogens is 392 g/mol. The average molecular weight is 412 g/mol. The number of rotatable bonds is 5. The topological polar surface area (TPSA) is 118 Å². The highest BCUT2D eigenvalue weighted by atomic mass is 32.2. The molecule has 150 valence electrons. The Hall–Kier alpha value is -3.27. The molecule has 3 aromatic rings. The molecule has 4 rings (SSSR count). The van der Waals surface area contributed by atoms with E-state index in [0.717, 1.165) is 11.0 Å². The van der Waals surface area contributed by atoms with Gasteiger partial charge in [-0.2, -0.15) is 5.10 Å². The van der Waals surface area contributed by atoms with Crippen molar-refractivity contribution in [3.63, 3.8) is 0 Å². The second-order valence-electron chi connectivity index (χ2n) is 6.95. The lowest BCUT2D eigenvalue weighted by atomic mass is 10.2. The Balaban J connectivity index is 1.41. The molecule has 0 bridgehead atoms. The van der Waals surface area contributed by atoms with Crippen LogP contribution in [0.2, 0.25) is 0 Å². The van der Waals surface area contributed by atoms with E-state index in [4.69, 9.17) is 0 Å². The summed E-state index contributed by atoms with van der Waals surface area (Å²) in [5, 5.41) is 7.93. The second-order valence-corrected chi connectivity index (χ2v) is 8.60. The van der Waals surface area contributed by atoms with Gasteiger partial charge in [-0.05, 0) is 32.0 Å². The summed E-state index contributed by atoms with van der Waals surface area (Å²) in [5.41, 5.74) is 1.85. The first-order valence-corrected chi connectivity index (χ1v) is 10.6. The van der Waals surface area contributed by atoms with Crippen molar-refractivity contribution < 1.29 is 13.2 Å². The van der Waals surface area contributed by atoms with Crippen molar-refractivity contribution in [2.75, 3.05) is 11.9 Å². The van der Waals surface area contributed by atoms with E-state index in [1.807, 2.05) is 24.6 Å². The van der Waals surface area contributed by atoms with Crippen molar-refractivity contribution in [1.29, 1.82) is 0 Å². The molecule has 0 saturated heterocycles. The maximum Gasteiger partial charge on any atom is 0.263 e. The molecule has 0 aliphatic carbocycles. The number of aliphatic imine (C=N–C) groups is 1. The molecule has 0 fully saturated rings. The van der Waals surface area contributed by atoms with Crippen LogP contribution in [-0.2, 0) is 14.8 Å². The van der Waals surface area contributed by atoms with E-state index >= 15 is 0 Å². The number of anilines is 1. The van der Waals surface area contributed by atoms with Gasteiger partial charge < -0.3 is 5.32 Å². The molecule has 10 heteroatoms. The zero-order chi connectivity index (χ0) is 20.6. The highest BCUT2D eigenvalue weighted by Crippen LogP contribution is 2.22. The summed E-state index contributed by atoms with van der Waals surface area (Å²) in [6.07, 6.45) is 3.42. The Morgan fingerprint density at radius 1 is 1.28 bits per heavy atom. The Bertz CT molecular complexity index is 1230. The third-order valence-corrected chi connectivity index (χ3v) is 5.87. The molecule has 3 heterocycles. The standard InChI is InChI=1S/C19H20N6O3S/c1-12(2)25-19-13(10-22-25)9-14(11-21-19)23-17(26)7-8-20-18-15-5-3-4-6-16(15)29(27,28)24-18/h3-6,9-12H,7-8H2,1-2H3,(H,20,24)(H,23,26). The molecule has 1 aromatic carbocycles. The molecule has 0 unspecified atom stereocenters. The SMILES string of the molecule is CC(C)n1ncc2cc(NC(=O)CCN=C3NS(=O)(=O)c4ccccc43)cnc21.